The summed E-state index contributed by atoms with van der Waals surface area (Å²) in [6.45, 7) is 0. The summed E-state index contributed by atoms with van der Waals surface area (Å²) in [5.74, 6) is -1.98. The zero-order chi connectivity index (χ0) is 20.3. The van der Waals surface area contributed by atoms with E-state index in [9.17, 15) is 22.8 Å². The molecule has 0 fully saturated rings. The first-order valence-electron chi connectivity index (χ1n) is 8.03. The molecular formula is C20H13F3N2O3. The summed E-state index contributed by atoms with van der Waals surface area (Å²) in [4.78, 5) is 27.1. The van der Waals surface area contributed by atoms with Gasteiger partial charge in [0.25, 0.3) is 5.91 Å². The van der Waals surface area contributed by atoms with E-state index in [1.165, 1.54) is 36.5 Å². The van der Waals surface area contributed by atoms with Gasteiger partial charge < -0.3 is 10.4 Å². The van der Waals surface area contributed by atoms with Crippen LogP contribution in [0.2, 0.25) is 0 Å². The standard InChI is InChI=1S/C20H13F3N2O3/c21-20(22,23)14-4-1-3-13(11-14)12-6-8-15(9-7-12)25-18(26)16-5-2-10-24-17(16)19(27)28/h1-11H,(H,25,26)(H,27,28). The summed E-state index contributed by atoms with van der Waals surface area (Å²) in [5, 5.41) is 11.6. The second-order valence-electron chi connectivity index (χ2n) is 5.81. The van der Waals surface area contributed by atoms with Gasteiger partial charge in [0.15, 0.2) is 5.69 Å². The lowest BCUT2D eigenvalue weighted by molar-refractivity contribution is -0.137. The zero-order valence-electron chi connectivity index (χ0n) is 14.2. The third-order valence-electron chi connectivity index (χ3n) is 3.92. The number of nitrogens with zero attached hydrogens (tertiary/aromatic N) is 1. The minimum atomic E-state index is -4.44. The molecule has 0 radical (unpaired) electrons. The molecule has 0 bridgehead atoms. The summed E-state index contributed by atoms with van der Waals surface area (Å²) in [6.07, 6.45) is -3.17. The molecule has 0 unspecified atom stereocenters. The van der Waals surface area contributed by atoms with Crippen LogP contribution in [-0.4, -0.2) is 22.0 Å². The number of carboxylic acid groups (broad SMARTS) is 1. The Kier molecular flexibility index (Phi) is 5.12. The molecule has 2 N–H and O–H groups in total. The number of carboxylic acids is 1. The highest BCUT2D eigenvalue weighted by Crippen LogP contribution is 2.32. The van der Waals surface area contributed by atoms with Crippen molar-refractivity contribution in [2.45, 2.75) is 6.18 Å². The molecule has 28 heavy (non-hydrogen) atoms. The number of halogens is 3. The van der Waals surface area contributed by atoms with Gasteiger partial charge >= 0.3 is 12.1 Å². The van der Waals surface area contributed by atoms with Crippen molar-refractivity contribution in [3.63, 3.8) is 0 Å². The van der Waals surface area contributed by atoms with E-state index in [0.717, 1.165) is 12.1 Å². The summed E-state index contributed by atoms with van der Waals surface area (Å²) < 4.78 is 38.5. The molecule has 1 heterocycles. The molecule has 1 amide bonds. The zero-order valence-corrected chi connectivity index (χ0v) is 14.2. The van der Waals surface area contributed by atoms with Crippen molar-refractivity contribution in [1.82, 2.24) is 4.98 Å². The highest BCUT2D eigenvalue weighted by Gasteiger charge is 2.30. The number of benzene rings is 2. The minimum absolute atomic E-state index is 0.100. The number of rotatable bonds is 4. The molecule has 0 saturated heterocycles. The molecule has 8 heteroatoms. The van der Waals surface area contributed by atoms with E-state index in [4.69, 9.17) is 5.11 Å². The van der Waals surface area contributed by atoms with Crippen molar-refractivity contribution < 1.29 is 27.9 Å². The fourth-order valence-electron chi connectivity index (χ4n) is 2.58. The number of pyridine rings is 1. The molecule has 0 spiro atoms. The number of carbonyl (C=O) groups is 2. The second-order valence-corrected chi connectivity index (χ2v) is 5.81. The van der Waals surface area contributed by atoms with Crippen LogP contribution in [0.4, 0.5) is 18.9 Å². The van der Waals surface area contributed by atoms with E-state index in [-0.39, 0.29) is 11.3 Å². The van der Waals surface area contributed by atoms with Gasteiger partial charge in [0.05, 0.1) is 11.1 Å². The molecule has 0 aliphatic rings. The van der Waals surface area contributed by atoms with E-state index in [2.05, 4.69) is 10.3 Å². The van der Waals surface area contributed by atoms with Crippen LogP contribution in [0, 0.1) is 0 Å². The Bertz CT molecular complexity index is 1030. The summed E-state index contributed by atoms with van der Waals surface area (Å²) in [6, 6.07) is 13.9. The number of hydrogen-bond acceptors (Lipinski definition) is 3. The monoisotopic (exact) mass is 386 g/mol. The van der Waals surface area contributed by atoms with Gasteiger partial charge in [0.1, 0.15) is 0 Å². The van der Waals surface area contributed by atoms with Crippen molar-refractivity contribution in [2.75, 3.05) is 5.32 Å². The molecule has 0 aliphatic heterocycles. The number of carbonyl (C=O) groups excluding carboxylic acids is 1. The van der Waals surface area contributed by atoms with Gasteiger partial charge in [-0.15, -0.1) is 0 Å². The Morgan fingerprint density at radius 3 is 2.29 bits per heavy atom. The van der Waals surface area contributed by atoms with E-state index < -0.39 is 23.6 Å². The normalized spacial score (nSPS) is 11.1. The fourth-order valence-corrected chi connectivity index (χ4v) is 2.58. The van der Waals surface area contributed by atoms with Crippen LogP contribution < -0.4 is 5.32 Å². The maximum Gasteiger partial charge on any atom is 0.416 e. The van der Waals surface area contributed by atoms with Crippen molar-refractivity contribution in [1.29, 1.82) is 0 Å². The lowest BCUT2D eigenvalue weighted by Gasteiger charge is -2.10. The summed E-state index contributed by atoms with van der Waals surface area (Å²) in [5.41, 5.74) is 0.0587. The molecule has 0 saturated carbocycles. The van der Waals surface area contributed by atoms with Gasteiger partial charge in [-0.1, -0.05) is 24.3 Å². The second kappa shape index (κ2) is 7.51. The largest absolute Gasteiger partial charge is 0.476 e. The van der Waals surface area contributed by atoms with Crippen molar-refractivity contribution >= 4 is 17.6 Å². The number of anilines is 1. The molecule has 0 aliphatic carbocycles. The quantitative estimate of drug-likeness (QED) is 0.680. The summed E-state index contributed by atoms with van der Waals surface area (Å²) in [7, 11) is 0. The average Bonchev–Trinajstić information content (AvgIpc) is 2.68. The topological polar surface area (TPSA) is 79.3 Å². The van der Waals surface area contributed by atoms with Gasteiger partial charge in [0, 0.05) is 11.9 Å². The maximum atomic E-state index is 12.8. The first-order valence-corrected chi connectivity index (χ1v) is 8.03. The lowest BCUT2D eigenvalue weighted by Crippen LogP contribution is -2.17. The number of hydrogen-bond donors (Lipinski definition) is 2. The molecule has 2 aromatic carbocycles. The van der Waals surface area contributed by atoms with Crippen LogP contribution in [-0.2, 0) is 6.18 Å². The van der Waals surface area contributed by atoms with Crippen LogP contribution in [0.25, 0.3) is 11.1 Å². The van der Waals surface area contributed by atoms with Crippen LogP contribution in [0.15, 0.2) is 66.9 Å². The van der Waals surface area contributed by atoms with E-state index in [0.29, 0.717) is 16.8 Å². The highest BCUT2D eigenvalue weighted by atomic mass is 19.4. The Balaban J connectivity index is 1.81. The highest BCUT2D eigenvalue weighted by molar-refractivity contribution is 6.09. The lowest BCUT2D eigenvalue weighted by atomic mass is 10.0. The Hall–Kier alpha value is -3.68. The van der Waals surface area contributed by atoms with Gasteiger partial charge in [0.2, 0.25) is 0 Å². The first-order chi connectivity index (χ1) is 13.3. The maximum absolute atomic E-state index is 12.8. The number of aromatic nitrogens is 1. The Labute approximate surface area is 157 Å². The number of alkyl halides is 3. The van der Waals surface area contributed by atoms with Gasteiger partial charge in [-0.05, 0) is 47.5 Å². The molecule has 142 valence electrons. The molecular weight excluding hydrogens is 373 g/mol. The molecule has 0 atom stereocenters. The third kappa shape index (κ3) is 4.17. The number of aromatic carboxylic acids is 1. The summed E-state index contributed by atoms with van der Waals surface area (Å²) >= 11 is 0. The first kappa shape index (κ1) is 19.1. The predicted molar refractivity (Wildman–Crippen MR) is 96.0 cm³/mol. The minimum Gasteiger partial charge on any atom is -0.476 e. The Morgan fingerprint density at radius 2 is 1.64 bits per heavy atom. The van der Waals surface area contributed by atoms with Crippen molar-refractivity contribution in [2.24, 2.45) is 0 Å². The fraction of sp³-hybridized carbons (Fsp3) is 0.0500. The van der Waals surface area contributed by atoms with E-state index >= 15 is 0 Å². The molecule has 1 aromatic heterocycles. The molecule has 3 rings (SSSR count). The smallest absolute Gasteiger partial charge is 0.416 e. The predicted octanol–water partition coefficient (Wildman–Crippen LogP) is 4.72. The van der Waals surface area contributed by atoms with Gasteiger partial charge in [-0.2, -0.15) is 13.2 Å². The van der Waals surface area contributed by atoms with Crippen LogP contribution in [0.1, 0.15) is 26.4 Å². The number of nitrogens with one attached hydrogen (secondary N) is 1. The van der Waals surface area contributed by atoms with Crippen LogP contribution in [0.5, 0.6) is 0 Å². The number of amides is 1. The third-order valence-corrected chi connectivity index (χ3v) is 3.92. The van der Waals surface area contributed by atoms with Crippen LogP contribution in [0.3, 0.4) is 0 Å². The van der Waals surface area contributed by atoms with Gasteiger partial charge in [-0.25, -0.2) is 9.78 Å². The van der Waals surface area contributed by atoms with E-state index in [1.54, 1.807) is 18.2 Å². The SMILES string of the molecule is O=C(Nc1ccc(-c2cccc(C(F)(F)F)c2)cc1)c1cccnc1C(=O)O. The van der Waals surface area contributed by atoms with Crippen molar-refractivity contribution in [3.8, 4) is 11.1 Å². The van der Waals surface area contributed by atoms with Gasteiger partial charge in [-0.3, -0.25) is 4.79 Å². The molecule has 3 aromatic rings. The van der Waals surface area contributed by atoms with Crippen molar-refractivity contribution in [3.05, 3.63) is 83.7 Å². The molecule has 5 nitrogen and oxygen atoms in total. The average molecular weight is 386 g/mol. The Morgan fingerprint density at radius 1 is 0.929 bits per heavy atom. The van der Waals surface area contributed by atoms with E-state index in [1.807, 2.05) is 0 Å². The van der Waals surface area contributed by atoms with Crippen LogP contribution >= 0.6 is 0 Å².